The molecule has 1 aromatic rings. The van der Waals surface area contributed by atoms with Gasteiger partial charge in [-0.3, -0.25) is 0 Å². The van der Waals surface area contributed by atoms with Gasteiger partial charge in [-0.15, -0.1) is 0 Å². The third-order valence-corrected chi connectivity index (χ3v) is 3.29. The average molecular weight is 190 g/mol. The van der Waals surface area contributed by atoms with E-state index in [0.29, 0.717) is 12.1 Å². The molecular formula is C11H14N2O. The maximum atomic E-state index is 5.14. The van der Waals surface area contributed by atoms with Gasteiger partial charge in [0.25, 0.3) is 0 Å². The summed E-state index contributed by atoms with van der Waals surface area (Å²) in [7, 11) is 1.67. The number of nitrogens with one attached hydrogen (secondary N) is 1. The van der Waals surface area contributed by atoms with Crippen LogP contribution in [0, 0.1) is 0 Å². The van der Waals surface area contributed by atoms with E-state index in [9.17, 15) is 0 Å². The van der Waals surface area contributed by atoms with E-state index in [1.165, 1.54) is 24.0 Å². The molecule has 0 saturated carbocycles. The molecule has 0 radical (unpaired) electrons. The highest BCUT2D eigenvalue weighted by molar-refractivity contribution is 5.36. The van der Waals surface area contributed by atoms with Crippen LogP contribution < -0.4 is 10.1 Å². The lowest BCUT2D eigenvalue weighted by molar-refractivity contribution is 0.394. The Bertz CT molecular complexity index is 364. The van der Waals surface area contributed by atoms with E-state index in [-0.39, 0.29) is 0 Å². The second-order valence-corrected chi connectivity index (χ2v) is 4.12. The molecule has 3 nitrogen and oxygen atoms in total. The molecule has 0 amide bonds. The smallest absolute Gasteiger partial charge is 0.213 e. The normalized spacial score (nSPS) is 28.6. The Kier molecular flexibility index (Phi) is 1.74. The molecule has 1 N–H and O–H groups in total. The predicted octanol–water partition coefficient (Wildman–Crippen LogP) is 1.44. The van der Waals surface area contributed by atoms with Crippen LogP contribution >= 0.6 is 0 Å². The minimum absolute atomic E-state index is 0.544. The highest BCUT2D eigenvalue weighted by Gasteiger charge is 2.32. The third-order valence-electron chi connectivity index (χ3n) is 3.29. The number of fused-ring (bicyclic) bond motifs is 4. The van der Waals surface area contributed by atoms with Crippen molar-refractivity contribution < 1.29 is 4.74 Å². The van der Waals surface area contributed by atoms with Gasteiger partial charge in [0.05, 0.1) is 7.11 Å². The van der Waals surface area contributed by atoms with Crippen LogP contribution in [0.25, 0.3) is 0 Å². The summed E-state index contributed by atoms with van der Waals surface area (Å²) in [6.07, 6.45) is 5.64. The zero-order valence-electron chi connectivity index (χ0n) is 8.29. The lowest BCUT2D eigenvalue weighted by Crippen LogP contribution is -2.31. The SMILES string of the molecule is COc1cc2c(cn1)[C@H]1CC[C@@H](C2)N1. The zero-order valence-corrected chi connectivity index (χ0v) is 8.29. The van der Waals surface area contributed by atoms with Crippen molar-refractivity contribution in [3.63, 3.8) is 0 Å². The highest BCUT2D eigenvalue weighted by atomic mass is 16.5. The number of pyridine rings is 1. The van der Waals surface area contributed by atoms with Crippen molar-refractivity contribution in [2.24, 2.45) is 0 Å². The topological polar surface area (TPSA) is 34.1 Å². The standard InChI is InChI=1S/C11H14N2O/c1-14-11-5-7-4-8-2-3-10(13-8)9(7)6-12-11/h5-6,8,10,13H,2-4H2,1H3/t8-,10+/m0/s1. The fourth-order valence-electron chi connectivity index (χ4n) is 2.58. The number of ether oxygens (including phenoxy) is 1. The Hall–Kier alpha value is -1.09. The van der Waals surface area contributed by atoms with E-state index in [1.54, 1.807) is 7.11 Å². The summed E-state index contributed by atoms with van der Waals surface area (Å²) in [6.45, 7) is 0. The van der Waals surface area contributed by atoms with Crippen molar-refractivity contribution in [3.8, 4) is 5.88 Å². The van der Waals surface area contributed by atoms with Crippen molar-refractivity contribution in [1.29, 1.82) is 0 Å². The van der Waals surface area contributed by atoms with Crippen LogP contribution in [0.2, 0.25) is 0 Å². The maximum absolute atomic E-state index is 5.14. The molecule has 1 fully saturated rings. The summed E-state index contributed by atoms with van der Waals surface area (Å²) in [5.41, 5.74) is 2.79. The molecule has 1 saturated heterocycles. The first kappa shape index (κ1) is 8.24. The van der Waals surface area contributed by atoms with Crippen molar-refractivity contribution in [2.75, 3.05) is 7.11 Å². The van der Waals surface area contributed by atoms with Gasteiger partial charge in [0.2, 0.25) is 5.88 Å². The number of aromatic nitrogens is 1. The van der Waals surface area contributed by atoms with Gasteiger partial charge in [-0.05, 0) is 30.4 Å². The molecular weight excluding hydrogens is 176 g/mol. The lowest BCUT2D eigenvalue weighted by Gasteiger charge is -2.24. The Morgan fingerprint density at radius 2 is 2.43 bits per heavy atom. The van der Waals surface area contributed by atoms with Crippen LogP contribution in [0.4, 0.5) is 0 Å². The average Bonchev–Trinajstić information content (AvgIpc) is 2.61. The molecule has 74 valence electrons. The fourth-order valence-corrected chi connectivity index (χ4v) is 2.58. The second-order valence-electron chi connectivity index (χ2n) is 4.12. The van der Waals surface area contributed by atoms with E-state index in [0.717, 1.165) is 12.3 Å². The minimum Gasteiger partial charge on any atom is -0.481 e. The van der Waals surface area contributed by atoms with Crippen LogP contribution in [0.3, 0.4) is 0 Å². The van der Waals surface area contributed by atoms with E-state index < -0.39 is 0 Å². The van der Waals surface area contributed by atoms with Crippen molar-refractivity contribution in [2.45, 2.75) is 31.3 Å². The molecule has 14 heavy (non-hydrogen) atoms. The fraction of sp³-hybridized carbons (Fsp3) is 0.545. The van der Waals surface area contributed by atoms with Gasteiger partial charge >= 0.3 is 0 Å². The second kappa shape index (κ2) is 2.95. The molecule has 3 heteroatoms. The summed E-state index contributed by atoms with van der Waals surface area (Å²) < 4.78 is 5.14. The first-order valence-corrected chi connectivity index (χ1v) is 5.15. The van der Waals surface area contributed by atoms with Crippen LogP contribution in [-0.2, 0) is 6.42 Å². The summed E-state index contributed by atoms with van der Waals surface area (Å²) in [4.78, 5) is 4.27. The maximum Gasteiger partial charge on any atom is 0.213 e. The van der Waals surface area contributed by atoms with E-state index in [4.69, 9.17) is 4.74 Å². The van der Waals surface area contributed by atoms with Crippen LogP contribution in [0.5, 0.6) is 5.88 Å². The molecule has 0 spiro atoms. The molecule has 0 aliphatic carbocycles. The van der Waals surface area contributed by atoms with Crippen LogP contribution in [0.15, 0.2) is 12.3 Å². The number of hydrogen-bond donors (Lipinski definition) is 1. The summed E-state index contributed by atoms with van der Waals surface area (Å²) in [5.74, 6) is 0.741. The number of rotatable bonds is 1. The van der Waals surface area contributed by atoms with E-state index >= 15 is 0 Å². The van der Waals surface area contributed by atoms with Crippen molar-refractivity contribution in [1.82, 2.24) is 10.3 Å². The van der Waals surface area contributed by atoms with E-state index in [1.807, 2.05) is 6.20 Å². The van der Waals surface area contributed by atoms with Gasteiger partial charge in [0.15, 0.2) is 0 Å². The van der Waals surface area contributed by atoms with Crippen LogP contribution in [0.1, 0.15) is 30.0 Å². The Labute approximate surface area is 83.5 Å². The highest BCUT2D eigenvalue weighted by Crippen LogP contribution is 2.36. The number of hydrogen-bond acceptors (Lipinski definition) is 3. The monoisotopic (exact) mass is 190 g/mol. The number of methoxy groups -OCH3 is 1. The van der Waals surface area contributed by atoms with Gasteiger partial charge in [-0.25, -0.2) is 4.98 Å². The molecule has 2 aliphatic heterocycles. The summed E-state index contributed by atoms with van der Waals surface area (Å²) >= 11 is 0. The molecule has 3 heterocycles. The van der Waals surface area contributed by atoms with Crippen molar-refractivity contribution >= 4 is 0 Å². The van der Waals surface area contributed by atoms with Crippen molar-refractivity contribution in [3.05, 3.63) is 23.4 Å². The minimum atomic E-state index is 0.544. The molecule has 2 aliphatic rings. The molecule has 3 rings (SSSR count). The first-order valence-electron chi connectivity index (χ1n) is 5.15. The molecule has 0 aromatic carbocycles. The zero-order chi connectivity index (χ0) is 9.54. The lowest BCUT2D eigenvalue weighted by atomic mass is 9.97. The first-order chi connectivity index (χ1) is 6.86. The quantitative estimate of drug-likeness (QED) is 0.727. The Morgan fingerprint density at radius 3 is 3.29 bits per heavy atom. The van der Waals surface area contributed by atoms with E-state index in [2.05, 4.69) is 16.4 Å². The molecule has 2 atom stereocenters. The van der Waals surface area contributed by atoms with Gasteiger partial charge in [0.1, 0.15) is 0 Å². The van der Waals surface area contributed by atoms with Crippen LogP contribution in [-0.4, -0.2) is 18.1 Å². The summed E-state index contributed by atoms with van der Waals surface area (Å²) in [5, 5.41) is 3.60. The number of nitrogens with zero attached hydrogens (tertiary/aromatic N) is 1. The predicted molar refractivity (Wildman–Crippen MR) is 53.4 cm³/mol. The molecule has 2 bridgehead atoms. The van der Waals surface area contributed by atoms with Gasteiger partial charge in [-0.1, -0.05) is 0 Å². The van der Waals surface area contributed by atoms with Gasteiger partial charge < -0.3 is 10.1 Å². The Morgan fingerprint density at radius 1 is 1.50 bits per heavy atom. The largest absolute Gasteiger partial charge is 0.481 e. The van der Waals surface area contributed by atoms with Gasteiger partial charge in [-0.2, -0.15) is 0 Å². The third kappa shape index (κ3) is 1.12. The Balaban J connectivity index is 2.05. The molecule has 1 aromatic heterocycles. The van der Waals surface area contributed by atoms with Gasteiger partial charge in [0, 0.05) is 24.3 Å². The molecule has 0 unspecified atom stereocenters. The summed E-state index contributed by atoms with van der Waals surface area (Å²) in [6, 6.07) is 3.31.